The largest absolute Gasteiger partial charge is 0.512 e. The van der Waals surface area contributed by atoms with Gasteiger partial charge in [0, 0.05) is 49.1 Å². The summed E-state index contributed by atoms with van der Waals surface area (Å²) in [6.45, 7) is 14.8. The molecule has 0 fully saturated rings. The molecular formula is C34H42IrNO2S-. The summed E-state index contributed by atoms with van der Waals surface area (Å²) in [7, 11) is 0. The van der Waals surface area contributed by atoms with Gasteiger partial charge in [-0.1, -0.05) is 89.7 Å². The molecule has 3 nitrogen and oxygen atoms in total. The van der Waals surface area contributed by atoms with Gasteiger partial charge in [0.25, 0.3) is 0 Å². The molecule has 0 bridgehead atoms. The predicted molar refractivity (Wildman–Crippen MR) is 164 cm³/mol. The molecule has 1 radical (unpaired) electrons. The van der Waals surface area contributed by atoms with Crippen molar-refractivity contribution in [1.82, 2.24) is 4.98 Å². The van der Waals surface area contributed by atoms with E-state index in [9.17, 15) is 9.90 Å². The van der Waals surface area contributed by atoms with Crippen molar-refractivity contribution >= 4 is 38.1 Å². The second-order valence-corrected chi connectivity index (χ2v) is 11.8. The number of aliphatic hydroxyl groups is 1. The van der Waals surface area contributed by atoms with Crippen molar-refractivity contribution in [3.63, 3.8) is 0 Å². The number of pyridine rings is 1. The molecule has 0 spiro atoms. The van der Waals surface area contributed by atoms with Crippen molar-refractivity contribution in [3.8, 4) is 11.3 Å². The Morgan fingerprint density at radius 3 is 2.23 bits per heavy atom. The third-order valence-corrected chi connectivity index (χ3v) is 8.08. The molecule has 0 aliphatic heterocycles. The van der Waals surface area contributed by atoms with Crippen LogP contribution in [0.15, 0.2) is 65.7 Å². The number of aromatic nitrogens is 1. The van der Waals surface area contributed by atoms with Gasteiger partial charge in [0.1, 0.15) is 4.83 Å². The molecule has 0 saturated heterocycles. The Labute approximate surface area is 252 Å². The van der Waals surface area contributed by atoms with Gasteiger partial charge in [-0.2, -0.15) is 0 Å². The smallest absolute Gasteiger partial charge is 0.162 e. The number of fused-ring (bicyclic) bond motifs is 2. The zero-order valence-corrected chi connectivity index (χ0v) is 27.5. The minimum Gasteiger partial charge on any atom is -0.512 e. The van der Waals surface area contributed by atoms with Crippen LogP contribution in [0.1, 0.15) is 79.7 Å². The van der Waals surface area contributed by atoms with E-state index in [1.165, 1.54) is 22.4 Å². The van der Waals surface area contributed by atoms with Crippen molar-refractivity contribution in [2.24, 2.45) is 11.8 Å². The summed E-state index contributed by atoms with van der Waals surface area (Å²) < 4.78 is 0. The van der Waals surface area contributed by atoms with Crippen LogP contribution in [0, 0.1) is 17.9 Å². The number of carbonyl (C=O) groups excluding carboxylic acids is 1. The van der Waals surface area contributed by atoms with Gasteiger partial charge in [-0.15, -0.1) is 40.5 Å². The van der Waals surface area contributed by atoms with Crippen molar-refractivity contribution in [3.05, 3.63) is 77.4 Å². The molecule has 4 rings (SSSR count). The van der Waals surface area contributed by atoms with Gasteiger partial charge in [-0.05, 0) is 42.5 Å². The molecule has 0 amide bonds. The van der Waals surface area contributed by atoms with Gasteiger partial charge in [-0.3, -0.25) is 9.78 Å². The van der Waals surface area contributed by atoms with Crippen LogP contribution in [0.5, 0.6) is 0 Å². The van der Waals surface area contributed by atoms with Crippen molar-refractivity contribution in [2.45, 2.75) is 79.6 Å². The zero-order chi connectivity index (χ0) is 27.9. The Morgan fingerprint density at radius 2 is 1.62 bits per heavy atom. The molecule has 2 aromatic carbocycles. The molecule has 0 aliphatic carbocycles. The predicted octanol–water partition coefficient (Wildman–Crippen LogP) is 10.1. The first-order valence-electron chi connectivity index (χ1n) is 13.9. The first-order valence-corrected chi connectivity index (χ1v) is 14.7. The fraction of sp³-hybridized carbons (Fsp3) is 0.412. The second kappa shape index (κ2) is 14.9. The van der Waals surface area contributed by atoms with Gasteiger partial charge >= 0.3 is 0 Å². The number of hydrogen-bond donors (Lipinski definition) is 1. The van der Waals surface area contributed by atoms with Crippen LogP contribution in [0.4, 0.5) is 0 Å². The molecule has 0 atom stereocenters. The van der Waals surface area contributed by atoms with Crippen LogP contribution >= 0.6 is 11.3 Å². The van der Waals surface area contributed by atoms with Gasteiger partial charge in [0.15, 0.2) is 5.78 Å². The Kier molecular flexibility index (Phi) is 12.5. The first-order chi connectivity index (χ1) is 18.1. The summed E-state index contributed by atoms with van der Waals surface area (Å²) in [5.74, 6) is 0.547. The van der Waals surface area contributed by atoms with Gasteiger partial charge in [0.2, 0.25) is 0 Å². The van der Waals surface area contributed by atoms with E-state index in [4.69, 9.17) is 4.98 Å². The van der Waals surface area contributed by atoms with Gasteiger partial charge < -0.3 is 5.11 Å². The second-order valence-electron chi connectivity index (χ2n) is 10.9. The Bertz CT molecular complexity index is 1390. The summed E-state index contributed by atoms with van der Waals surface area (Å²) in [6, 6.07) is 20.7. The van der Waals surface area contributed by atoms with Crippen LogP contribution in [0.2, 0.25) is 0 Å². The summed E-state index contributed by atoms with van der Waals surface area (Å²) in [4.78, 5) is 17.6. The van der Waals surface area contributed by atoms with Crippen molar-refractivity contribution in [1.29, 1.82) is 0 Å². The van der Waals surface area contributed by atoms with Crippen LogP contribution in [-0.2, 0) is 30.3 Å². The van der Waals surface area contributed by atoms with E-state index in [0.717, 1.165) is 47.2 Å². The summed E-state index contributed by atoms with van der Waals surface area (Å²) in [5.41, 5.74) is 3.49. The minimum absolute atomic E-state index is 0. The summed E-state index contributed by atoms with van der Waals surface area (Å²) >= 11 is 1.68. The molecule has 0 aliphatic rings. The topological polar surface area (TPSA) is 50.2 Å². The van der Waals surface area contributed by atoms with E-state index in [1.54, 1.807) is 11.3 Å². The molecular weight excluding hydrogens is 679 g/mol. The van der Waals surface area contributed by atoms with E-state index in [0.29, 0.717) is 0 Å². The molecule has 0 unspecified atom stereocenters. The van der Waals surface area contributed by atoms with E-state index in [2.05, 4.69) is 80.7 Å². The zero-order valence-electron chi connectivity index (χ0n) is 24.3. The van der Waals surface area contributed by atoms with E-state index < -0.39 is 0 Å². The maximum absolute atomic E-state index is 11.7. The molecule has 4 aromatic rings. The number of allylic oxidation sites excluding steroid dienone is 2. The standard InChI is InChI=1S/C21H18NS.C13H24O2.Ir/c1-21(2,3)18-13-16(12-15-6-4-5-7-17(15)18)19-9-8-14-10-11-23-20(14)22-19;1-5-10(6-2)12(14)9-13(15)11(7-3)8-4;/h4-11,13H,1-3H3;9-11,14H,5-8H2,1-4H3;/q-1;;/b;12-9-;. The number of hydrogen-bond acceptors (Lipinski definition) is 4. The third-order valence-electron chi connectivity index (χ3n) is 7.26. The molecule has 2 aromatic heterocycles. The van der Waals surface area contributed by atoms with Gasteiger partial charge in [-0.25, -0.2) is 0 Å². The minimum atomic E-state index is 0. The molecule has 39 heavy (non-hydrogen) atoms. The fourth-order valence-corrected chi connectivity index (χ4v) is 5.53. The average Bonchev–Trinajstić information content (AvgIpc) is 3.37. The number of thiophene rings is 1. The molecule has 211 valence electrons. The van der Waals surface area contributed by atoms with Crippen LogP contribution in [-0.4, -0.2) is 15.9 Å². The van der Waals surface area contributed by atoms with E-state index in [-0.39, 0.29) is 48.9 Å². The van der Waals surface area contributed by atoms with Crippen molar-refractivity contribution < 1.29 is 30.0 Å². The maximum Gasteiger partial charge on any atom is 0.162 e. The Balaban J connectivity index is 0.000000294. The van der Waals surface area contributed by atoms with Crippen LogP contribution < -0.4 is 0 Å². The number of rotatable bonds is 8. The number of ketones is 1. The molecule has 1 N–H and O–H groups in total. The fourth-order valence-electron chi connectivity index (χ4n) is 4.76. The summed E-state index contributed by atoms with van der Waals surface area (Å²) in [6.07, 6.45) is 4.91. The van der Waals surface area contributed by atoms with Gasteiger partial charge in [0.05, 0.1) is 5.76 Å². The molecule has 5 heteroatoms. The molecule has 2 heterocycles. The Hall–Kier alpha value is -2.33. The monoisotopic (exact) mass is 721 g/mol. The van der Waals surface area contributed by atoms with Crippen LogP contribution in [0.25, 0.3) is 32.2 Å². The number of nitrogens with zero attached hydrogens (tertiary/aromatic N) is 1. The average molecular weight is 721 g/mol. The maximum atomic E-state index is 11.7. The van der Waals surface area contributed by atoms with Crippen molar-refractivity contribution in [2.75, 3.05) is 0 Å². The Morgan fingerprint density at radius 1 is 0.974 bits per heavy atom. The molecule has 0 saturated carbocycles. The third kappa shape index (κ3) is 8.33. The number of benzene rings is 2. The van der Waals surface area contributed by atoms with Crippen LogP contribution in [0.3, 0.4) is 0 Å². The van der Waals surface area contributed by atoms with E-state index >= 15 is 0 Å². The normalized spacial score (nSPS) is 12.0. The quantitative estimate of drug-likeness (QED) is 0.112. The number of aliphatic hydroxyl groups excluding tert-OH is 1. The summed E-state index contributed by atoms with van der Waals surface area (Å²) in [5, 5.41) is 15.5. The first kappa shape index (κ1) is 32.9. The number of carbonyl (C=O) groups is 1. The van der Waals surface area contributed by atoms with E-state index in [1.807, 2.05) is 27.7 Å². The SMILES string of the molecule is CC(C)(C)c1cc(-c2ccc3ccsc3n2)[c-]c2ccccc12.CCC(CC)C(=O)/C=C(\O)C(CC)CC.[Ir].